The number of carbonyl (C=O) groups excluding carboxylic acids is 2. The van der Waals surface area contributed by atoms with E-state index >= 15 is 0 Å². The molecule has 1 aliphatic heterocycles. The Morgan fingerprint density at radius 1 is 1.17 bits per heavy atom. The highest BCUT2D eigenvalue weighted by molar-refractivity contribution is 5.94. The smallest absolute Gasteiger partial charge is 0.289 e. The fourth-order valence-electron chi connectivity index (χ4n) is 3.62. The first-order valence-electron chi connectivity index (χ1n) is 10.2. The van der Waals surface area contributed by atoms with E-state index in [4.69, 9.17) is 9.40 Å². The van der Waals surface area contributed by atoms with Crippen molar-refractivity contribution >= 4 is 28.5 Å². The zero-order chi connectivity index (χ0) is 21.3. The molecule has 0 atom stereocenters. The van der Waals surface area contributed by atoms with Gasteiger partial charge in [0.25, 0.3) is 5.91 Å². The Morgan fingerprint density at radius 3 is 2.60 bits per heavy atom. The van der Waals surface area contributed by atoms with Crippen molar-refractivity contribution in [2.24, 2.45) is 13.0 Å². The third kappa shape index (κ3) is 4.09. The van der Waals surface area contributed by atoms with E-state index in [2.05, 4.69) is 14.8 Å². The number of nitrogens with one attached hydrogen (secondary N) is 1. The summed E-state index contributed by atoms with van der Waals surface area (Å²) in [6, 6.07) is 9.24. The van der Waals surface area contributed by atoms with Gasteiger partial charge in [-0.2, -0.15) is 0 Å². The quantitative estimate of drug-likeness (QED) is 0.701. The molecule has 1 fully saturated rings. The molecule has 30 heavy (non-hydrogen) atoms. The van der Waals surface area contributed by atoms with Gasteiger partial charge in [-0.3, -0.25) is 14.5 Å². The summed E-state index contributed by atoms with van der Waals surface area (Å²) >= 11 is 0. The Kier molecular flexibility index (Phi) is 5.59. The summed E-state index contributed by atoms with van der Waals surface area (Å²) in [6.45, 7) is 7.34. The molecule has 3 aromatic rings. The normalized spacial score (nSPS) is 15.1. The van der Waals surface area contributed by atoms with Crippen LogP contribution in [0.3, 0.4) is 0 Å². The van der Waals surface area contributed by atoms with Crippen LogP contribution in [0.4, 0.5) is 5.69 Å². The number of nitrogens with zero attached hydrogens (tertiary/aromatic N) is 4. The van der Waals surface area contributed by atoms with Crippen LogP contribution in [0.2, 0.25) is 0 Å². The maximum Gasteiger partial charge on any atom is 0.289 e. The molecule has 4 rings (SSSR count). The molecule has 2 aromatic heterocycles. The predicted octanol–water partition coefficient (Wildman–Crippen LogP) is 2.72. The van der Waals surface area contributed by atoms with E-state index in [1.807, 2.05) is 44.0 Å². The topological polar surface area (TPSA) is 83.6 Å². The number of anilines is 1. The van der Waals surface area contributed by atoms with Crippen molar-refractivity contribution in [2.45, 2.75) is 20.4 Å². The van der Waals surface area contributed by atoms with Crippen molar-refractivity contribution in [1.29, 1.82) is 0 Å². The third-order valence-corrected chi connectivity index (χ3v) is 5.52. The van der Waals surface area contributed by atoms with Crippen LogP contribution in [0.1, 0.15) is 30.2 Å². The van der Waals surface area contributed by atoms with Crippen molar-refractivity contribution in [3.05, 3.63) is 48.2 Å². The molecule has 0 aliphatic carbocycles. The summed E-state index contributed by atoms with van der Waals surface area (Å²) < 4.78 is 7.31. The van der Waals surface area contributed by atoms with Gasteiger partial charge in [0.05, 0.1) is 23.8 Å². The summed E-state index contributed by atoms with van der Waals surface area (Å²) in [7, 11) is 2.01. The average molecular weight is 409 g/mol. The van der Waals surface area contributed by atoms with Crippen molar-refractivity contribution < 1.29 is 14.0 Å². The molecule has 0 unspecified atom stereocenters. The molecule has 3 heterocycles. The predicted molar refractivity (Wildman–Crippen MR) is 114 cm³/mol. The van der Waals surface area contributed by atoms with Crippen LogP contribution in [0.25, 0.3) is 11.0 Å². The van der Waals surface area contributed by atoms with E-state index in [0.29, 0.717) is 25.4 Å². The fraction of sp³-hybridized carbons (Fsp3) is 0.409. The number of piperazine rings is 1. The lowest BCUT2D eigenvalue weighted by Crippen LogP contribution is -2.48. The maximum absolute atomic E-state index is 12.4. The van der Waals surface area contributed by atoms with E-state index in [-0.39, 0.29) is 17.7 Å². The number of aryl methyl sites for hydroxylation is 1. The molecule has 8 nitrogen and oxygen atoms in total. The number of rotatable bonds is 5. The highest BCUT2D eigenvalue weighted by Crippen LogP contribution is 2.21. The minimum absolute atomic E-state index is 0.00697. The van der Waals surface area contributed by atoms with Gasteiger partial charge in [0.15, 0.2) is 5.76 Å². The Hall–Kier alpha value is -3.13. The monoisotopic (exact) mass is 409 g/mol. The molecule has 2 amide bonds. The molecule has 1 saturated heterocycles. The van der Waals surface area contributed by atoms with Gasteiger partial charge in [0, 0.05) is 44.8 Å². The number of amides is 2. The molecule has 1 N–H and O–H groups in total. The standard InChI is InChI=1S/C22H27N5O3/c1-15(2)21(28)23-16-6-7-18-17(13-16)24-20(25(18)3)14-26-8-10-27(11-9-26)22(29)19-5-4-12-30-19/h4-7,12-13,15H,8-11,14H2,1-3H3,(H,23,28). The zero-order valence-electron chi connectivity index (χ0n) is 17.6. The highest BCUT2D eigenvalue weighted by Gasteiger charge is 2.24. The first-order chi connectivity index (χ1) is 14.4. The summed E-state index contributed by atoms with van der Waals surface area (Å²) in [5.74, 6) is 1.21. The number of hydrogen-bond acceptors (Lipinski definition) is 5. The van der Waals surface area contributed by atoms with Crippen molar-refractivity contribution in [2.75, 3.05) is 31.5 Å². The number of furan rings is 1. The van der Waals surface area contributed by atoms with Crippen LogP contribution in [0.15, 0.2) is 41.0 Å². The number of imidazole rings is 1. The fourth-order valence-corrected chi connectivity index (χ4v) is 3.62. The highest BCUT2D eigenvalue weighted by atomic mass is 16.3. The molecular formula is C22H27N5O3. The number of aromatic nitrogens is 2. The molecule has 0 radical (unpaired) electrons. The van der Waals surface area contributed by atoms with Gasteiger partial charge in [-0.25, -0.2) is 4.98 Å². The molecule has 8 heteroatoms. The van der Waals surface area contributed by atoms with E-state index in [1.54, 1.807) is 12.1 Å². The molecule has 0 spiro atoms. The summed E-state index contributed by atoms with van der Waals surface area (Å²) in [4.78, 5) is 33.3. The first kappa shape index (κ1) is 20.2. The Bertz CT molecular complexity index is 1050. The molecule has 1 aromatic carbocycles. The van der Waals surface area contributed by atoms with Gasteiger partial charge in [-0.15, -0.1) is 0 Å². The second kappa shape index (κ2) is 8.31. The van der Waals surface area contributed by atoms with Crippen LogP contribution in [-0.2, 0) is 18.4 Å². The largest absolute Gasteiger partial charge is 0.459 e. The van der Waals surface area contributed by atoms with E-state index in [0.717, 1.165) is 35.6 Å². The van der Waals surface area contributed by atoms with Crippen LogP contribution >= 0.6 is 0 Å². The number of fused-ring (bicyclic) bond motifs is 1. The number of benzene rings is 1. The molecule has 158 valence electrons. The van der Waals surface area contributed by atoms with Crippen LogP contribution in [-0.4, -0.2) is 57.3 Å². The second-order valence-electron chi connectivity index (χ2n) is 7.98. The van der Waals surface area contributed by atoms with E-state index in [1.165, 1.54) is 6.26 Å². The van der Waals surface area contributed by atoms with Gasteiger partial charge in [0.2, 0.25) is 5.91 Å². The van der Waals surface area contributed by atoms with E-state index in [9.17, 15) is 9.59 Å². The number of hydrogen-bond donors (Lipinski definition) is 1. The van der Waals surface area contributed by atoms with Crippen molar-refractivity contribution in [3.8, 4) is 0 Å². The lowest BCUT2D eigenvalue weighted by molar-refractivity contribution is -0.118. The average Bonchev–Trinajstić information content (AvgIpc) is 3.37. The van der Waals surface area contributed by atoms with Crippen LogP contribution in [0, 0.1) is 5.92 Å². The molecule has 0 saturated carbocycles. The van der Waals surface area contributed by atoms with Gasteiger partial charge >= 0.3 is 0 Å². The minimum Gasteiger partial charge on any atom is -0.459 e. The molecule has 1 aliphatic rings. The SMILES string of the molecule is CC(C)C(=O)Nc1ccc2c(c1)nc(CN1CCN(C(=O)c3ccco3)CC1)n2C. The maximum atomic E-state index is 12.4. The zero-order valence-corrected chi connectivity index (χ0v) is 17.6. The Morgan fingerprint density at radius 2 is 1.93 bits per heavy atom. The van der Waals surface area contributed by atoms with Crippen LogP contribution < -0.4 is 5.32 Å². The Balaban J connectivity index is 1.41. The lowest BCUT2D eigenvalue weighted by Gasteiger charge is -2.34. The number of carbonyl (C=O) groups is 2. The molecule has 0 bridgehead atoms. The molecular weight excluding hydrogens is 382 g/mol. The van der Waals surface area contributed by atoms with Crippen molar-refractivity contribution in [1.82, 2.24) is 19.4 Å². The minimum atomic E-state index is -0.0710. The van der Waals surface area contributed by atoms with Crippen LogP contribution in [0.5, 0.6) is 0 Å². The van der Waals surface area contributed by atoms with Gasteiger partial charge < -0.3 is 19.2 Å². The summed E-state index contributed by atoms with van der Waals surface area (Å²) in [6.07, 6.45) is 1.52. The summed E-state index contributed by atoms with van der Waals surface area (Å²) in [5, 5.41) is 2.93. The van der Waals surface area contributed by atoms with Gasteiger partial charge in [-0.05, 0) is 30.3 Å². The van der Waals surface area contributed by atoms with E-state index < -0.39 is 0 Å². The second-order valence-corrected chi connectivity index (χ2v) is 7.98. The lowest BCUT2D eigenvalue weighted by atomic mass is 10.2. The third-order valence-electron chi connectivity index (χ3n) is 5.52. The summed E-state index contributed by atoms with van der Waals surface area (Å²) in [5.41, 5.74) is 2.65. The first-order valence-corrected chi connectivity index (χ1v) is 10.2. The Labute approximate surface area is 175 Å². The van der Waals surface area contributed by atoms with Crippen molar-refractivity contribution in [3.63, 3.8) is 0 Å². The van der Waals surface area contributed by atoms with Gasteiger partial charge in [0.1, 0.15) is 5.82 Å². The van der Waals surface area contributed by atoms with Gasteiger partial charge in [-0.1, -0.05) is 13.8 Å².